The van der Waals surface area contributed by atoms with Gasteiger partial charge in [0.15, 0.2) is 0 Å². The smallest absolute Gasteiger partial charge is 0.104 e. The first-order valence-electron chi connectivity index (χ1n) is 11.6. The third-order valence-electron chi connectivity index (χ3n) is 6.94. The molecule has 0 atom stereocenters. The van der Waals surface area contributed by atoms with Crippen LogP contribution in [0.5, 0.6) is 0 Å². The summed E-state index contributed by atoms with van der Waals surface area (Å²) in [6.45, 7) is 0. The molecule has 0 aliphatic heterocycles. The molecular weight excluding hydrogens is 561 g/mol. The van der Waals surface area contributed by atoms with Gasteiger partial charge in [-0.2, -0.15) is 0 Å². The highest BCUT2D eigenvalue weighted by Gasteiger charge is 2.15. The zero-order valence-corrected chi connectivity index (χ0v) is 21.6. The number of hydrogen-bond acceptors (Lipinski definition) is 0. The topological polar surface area (TPSA) is 4.93 Å². The van der Waals surface area contributed by atoms with Crippen molar-refractivity contribution in [3.8, 4) is 16.8 Å². The fourth-order valence-electron chi connectivity index (χ4n) is 5.33. The van der Waals surface area contributed by atoms with Gasteiger partial charge in [0, 0.05) is 11.1 Å². The molecule has 1 nitrogen and oxygen atoms in total. The molecule has 166 valence electrons. The highest BCUT2D eigenvalue weighted by Crippen LogP contribution is 2.38. The Morgan fingerprint density at radius 2 is 1.03 bits per heavy atom. The number of nitrogens with zero attached hydrogens (tertiary/aromatic N) is 1. The molecule has 1 aromatic heterocycles. The van der Waals surface area contributed by atoms with Gasteiger partial charge in [0.1, 0.15) is 3.70 Å². The van der Waals surface area contributed by atoms with Gasteiger partial charge in [-0.25, -0.2) is 0 Å². The Morgan fingerprint density at radius 3 is 1.71 bits per heavy atom. The van der Waals surface area contributed by atoms with Crippen molar-refractivity contribution in [1.82, 2.24) is 4.57 Å². The van der Waals surface area contributed by atoms with Crippen molar-refractivity contribution in [3.05, 3.63) is 124 Å². The van der Waals surface area contributed by atoms with Crippen LogP contribution in [0.2, 0.25) is 5.02 Å². The van der Waals surface area contributed by atoms with Gasteiger partial charge < -0.3 is 4.57 Å². The maximum absolute atomic E-state index is 6.69. The summed E-state index contributed by atoms with van der Waals surface area (Å²) in [7, 11) is 0. The van der Waals surface area contributed by atoms with Crippen molar-refractivity contribution in [2.45, 2.75) is 0 Å². The fraction of sp³-hybridized carbons (Fsp3) is 0. The van der Waals surface area contributed by atoms with E-state index >= 15 is 0 Å². The largest absolute Gasteiger partial charge is 0.303 e. The summed E-state index contributed by atoms with van der Waals surface area (Å²) in [6, 6.07) is 41.3. The molecule has 0 N–H and O–H groups in total. The van der Waals surface area contributed by atoms with Gasteiger partial charge in [-0.1, -0.05) is 103 Å². The number of aromatic nitrogens is 1. The minimum absolute atomic E-state index is 0.802. The van der Waals surface area contributed by atoms with Gasteiger partial charge in [-0.05, 0) is 90.3 Å². The molecule has 0 bridgehead atoms. The molecule has 3 heteroatoms. The van der Waals surface area contributed by atoms with Crippen LogP contribution in [0.25, 0.3) is 60.0 Å². The van der Waals surface area contributed by atoms with E-state index in [1.807, 2.05) is 6.07 Å². The maximum Gasteiger partial charge on any atom is 0.104 e. The maximum atomic E-state index is 6.69. The fourth-order valence-corrected chi connectivity index (χ4v) is 6.41. The van der Waals surface area contributed by atoms with Crippen LogP contribution in [-0.4, -0.2) is 4.57 Å². The van der Waals surface area contributed by atoms with Crippen LogP contribution in [0, 0.1) is 3.70 Å². The van der Waals surface area contributed by atoms with E-state index in [2.05, 4.69) is 136 Å². The predicted molar refractivity (Wildman–Crippen MR) is 159 cm³/mol. The first-order chi connectivity index (χ1) is 17.2. The van der Waals surface area contributed by atoms with Gasteiger partial charge in [0.05, 0.1) is 10.5 Å². The first kappa shape index (κ1) is 21.0. The lowest BCUT2D eigenvalue weighted by molar-refractivity contribution is 1.09. The second kappa shape index (κ2) is 8.11. The molecule has 0 amide bonds. The van der Waals surface area contributed by atoms with Crippen LogP contribution >= 0.6 is 34.2 Å². The van der Waals surface area contributed by atoms with E-state index < -0.39 is 0 Å². The standard InChI is InChI=1S/C32H19ClIN/c33-31-28-14-5-6-15-30(28)35(32(31)34)22-9-7-8-20(18-22)21-16-17-27-25-12-2-1-10-23(25)24-11-3-4-13-26(24)29(27)19-21/h1-19H. The zero-order chi connectivity index (χ0) is 23.5. The second-order valence-electron chi connectivity index (χ2n) is 8.86. The molecule has 0 aliphatic rings. The Bertz CT molecular complexity index is 1900. The first-order valence-corrected chi connectivity index (χ1v) is 13.0. The lowest BCUT2D eigenvalue weighted by Crippen LogP contribution is -1.96. The van der Waals surface area contributed by atoms with E-state index in [0.29, 0.717) is 0 Å². The quantitative estimate of drug-likeness (QED) is 0.142. The molecule has 0 radical (unpaired) electrons. The molecule has 0 spiro atoms. The lowest BCUT2D eigenvalue weighted by Gasteiger charge is -2.13. The van der Waals surface area contributed by atoms with E-state index in [1.54, 1.807) is 0 Å². The Kier molecular flexibility index (Phi) is 4.86. The van der Waals surface area contributed by atoms with Gasteiger partial charge in [-0.3, -0.25) is 0 Å². The third-order valence-corrected chi connectivity index (χ3v) is 8.66. The number of para-hydroxylation sites is 1. The summed E-state index contributed by atoms with van der Waals surface area (Å²) in [4.78, 5) is 0. The van der Waals surface area contributed by atoms with Gasteiger partial charge in [0.2, 0.25) is 0 Å². The molecular formula is C32H19ClIN. The van der Waals surface area contributed by atoms with Crippen LogP contribution < -0.4 is 0 Å². The molecule has 0 unspecified atom stereocenters. The Hall–Kier alpha value is -3.34. The van der Waals surface area contributed by atoms with Crippen LogP contribution in [0.4, 0.5) is 0 Å². The number of hydrogen-bond donors (Lipinski definition) is 0. The van der Waals surface area contributed by atoms with Crippen molar-refractivity contribution in [2.24, 2.45) is 0 Å². The summed E-state index contributed by atoms with van der Waals surface area (Å²) < 4.78 is 3.27. The van der Waals surface area contributed by atoms with E-state index in [-0.39, 0.29) is 0 Å². The van der Waals surface area contributed by atoms with Crippen LogP contribution in [0.15, 0.2) is 115 Å². The molecule has 1 heterocycles. The summed E-state index contributed by atoms with van der Waals surface area (Å²) in [6.07, 6.45) is 0. The highest BCUT2D eigenvalue weighted by molar-refractivity contribution is 14.1. The average Bonchev–Trinajstić information content (AvgIpc) is 3.18. The zero-order valence-electron chi connectivity index (χ0n) is 18.7. The van der Waals surface area contributed by atoms with Crippen LogP contribution in [-0.2, 0) is 0 Å². The van der Waals surface area contributed by atoms with E-state index in [0.717, 1.165) is 25.3 Å². The monoisotopic (exact) mass is 579 g/mol. The van der Waals surface area contributed by atoms with E-state index in [9.17, 15) is 0 Å². The normalized spacial score (nSPS) is 11.7. The molecule has 35 heavy (non-hydrogen) atoms. The second-order valence-corrected chi connectivity index (χ2v) is 10.3. The molecule has 0 saturated carbocycles. The Balaban J connectivity index is 1.47. The molecule has 7 aromatic rings. The predicted octanol–water partition coefficient (Wildman–Crippen LogP) is 10.0. The van der Waals surface area contributed by atoms with Crippen LogP contribution in [0.1, 0.15) is 0 Å². The number of rotatable bonds is 2. The lowest BCUT2D eigenvalue weighted by atomic mass is 9.92. The minimum Gasteiger partial charge on any atom is -0.303 e. The Labute approximate surface area is 221 Å². The van der Waals surface area contributed by atoms with Gasteiger partial charge in [-0.15, -0.1) is 0 Å². The molecule has 0 aliphatic carbocycles. The summed E-state index contributed by atoms with van der Waals surface area (Å²) in [5, 5.41) is 9.63. The molecule has 6 aromatic carbocycles. The molecule has 7 rings (SSSR count). The van der Waals surface area contributed by atoms with Crippen molar-refractivity contribution in [3.63, 3.8) is 0 Å². The molecule has 0 saturated heterocycles. The number of halogens is 2. The molecule has 0 fully saturated rings. The van der Waals surface area contributed by atoms with Crippen molar-refractivity contribution >= 4 is 77.4 Å². The van der Waals surface area contributed by atoms with Crippen molar-refractivity contribution < 1.29 is 0 Å². The Morgan fingerprint density at radius 1 is 0.486 bits per heavy atom. The summed E-state index contributed by atoms with van der Waals surface area (Å²) in [5.41, 5.74) is 4.62. The summed E-state index contributed by atoms with van der Waals surface area (Å²) in [5.74, 6) is 0. The minimum atomic E-state index is 0.802. The number of fused-ring (bicyclic) bond motifs is 7. The number of benzene rings is 6. The highest BCUT2D eigenvalue weighted by atomic mass is 127. The van der Waals surface area contributed by atoms with E-state index in [4.69, 9.17) is 11.6 Å². The summed E-state index contributed by atoms with van der Waals surface area (Å²) >= 11 is 9.04. The SMILES string of the molecule is Clc1c(I)n(-c2cccc(-c3ccc4c5ccccc5c5ccccc5c4c3)c2)c2ccccc12. The van der Waals surface area contributed by atoms with Crippen LogP contribution in [0.3, 0.4) is 0 Å². The van der Waals surface area contributed by atoms with Crippen molar-refractivity contribution in [2.75, 3.05) is 0 Å². The average molecular weight is 580 g/mol. The van der Waals surface area contributed by atoms with Crippen molar-refractivity contribution in [1.29, 1.82) is 0 Å². The third kappa shape index (κ3) is 3.20. The van der Waals surface area contributed by atoms with Gasteiger partial charge in [0.25, 0.3) is 0 Å². The van der Waals surface area contributed by atoms with Gasteiger partial charge >= 0.3 is 0 Å². The van der Waals surface area contributed by atoms with E-state index in [1.165, 1.54) is 43.4 Å².